The maximum absolute atomic E-state index is 12.9. The Balaban J connectivity index is 1.49. The zero-order valence-electron chi connectivity index (χ0n) is 15.8. The van der Waals surface area contributed by atoms with Gasteiger partial charge in [-0.3, -0.25) is 9.69 Å². The Bertz CT molecular complexity index is 742. The second-order valence-electron chi connectivity index (χ2n) is 7.09. The molecular weight excluding hydrogens is 343 g/mol. The maximum Gasteiger partial charge on any atom is 0.261 e. The number of rotatable bonds is 7. The molecule has 1 atom stereocenters. The van der Waals surface area contributed by atoms with Crippen molar-refractivity contribution >= 4 is 5.91 Å². The molecule has 144 valence electrons. The Labute approximate surface area is 160 Å². The predicted molar refractivity (Wildman–Crippen MR) is 104 cm³/mol. The standard InChI is InChI=1S/C22H27FN2O2/c1-17(27-21-10-8-20(23)9-11-21)22(26)24-15-18-6-5-7-19(14-18)16-25-12-3-2-4-13-25/h5-11,14,17H,2-4,12-13,15-16H2,1H3,(H,24,26)/t17-/m0/s1. The van der Waals surface area contributed by atoms with Crippen LogP contribution in [-0.2, 0) is 17.9 Å². The van der Waals surface area contributed by atoms with Gasteiger partial charge in [0, 0.05) is 13.1 Å². The number of hydrogen-bond donors (Lipinski definition) is 1. The predicted octanol–water partition coefficient (Wildman–Crippen LogP) is 3.90. The number of amides is 1. The summed E-state index contributed by atoms with van der Waals surface area (Å²) in [5, 5.41) is 2.91. The molecular formula is C22H27FN2O2. The molecule has 5 heteroatoms. The van der Waals surface area contributed by atoms with Gasteiger partial charge in [-0.1, -0.05) is 30.7 Å². The topological polar surface area (TPSA) is 41.6 Å². The zero-order valence-corrected chi connectivity index (χ0v) is 15.8. The van der Waals surface area contributed by atoms with E-state index in [1.54, 1.807) is 6.92 Å². The molecule has 1 aliphatic rings. The van der Waals surface area contributed by atoms with Crippen molar-refractivity contribution in [2.24, 2.45) is 0 Å². The van der Waals surface area contributed by atoms with E-state index in [0.29, 0.717) is 12.3 Å². The third-order valence-corrected chi connectivity index (χ3v) is 4.81. The summed E-state index contributed by atoms with van der Waals surface area (Å²) >= 11 is 0. The molecule has 27 heavy (non-hydrogen) atoms. The summed E-state index contributed by atoms with van der Waals surface area (Å²) in [7, 11) is 0. The monoisotopic (exact) mass is 370 g/mol. The number of hydrogen-bond acceptors (Lipinski definition) is 3. The Morgan fingerprint density at radius 1 is 1.11 bits per heavy atom. The van der Waals surface area contributed by atoms with Crippen molar-refractivity contribution in [3.8, 4) is 5.75 Å². The minimum Gasteiger partial charge on any atom is -0.481 e. The first kappa shape index (κ1) is 19.4. The molecule has 0 saturated carbocycles. The number of carbonyl (C=O) groups excluding carboxylic acids is 1. The lowest BCUT2D eigenvalue weighted by molar-refractivity contribution is -0.127. The van der Waals surface area contributed by atoms with Crippen LogP contribution >= 0.6 is 0 Å². The van der Waals surface area contributed by atoms with Crippen molar-refractivity contribution in [1.29, 1.82) is 0 Å². The summed E-state index contributed by atoms with van der Waals surface area (Å²) in [5.74, 6) is -0.0489. The third-order valence-electron chi connectivity index (χ3n) is 4.81. The van der Waals surface area contributed by atoms with Crippen LogP contribution in [-0.4, -0.2) is 30.0 Å². The fourth-order valence-corrected chi connectivity index (χ4v) is 3.32. The van der Waals surface area contributed by atoms with Crippen molar-refractivity contribution in [2.75, 3.05) is 13.1 Å². The summed E-state index contributed by atoms with van der Waals surface area (Å²) < 4.78 is 18.5. The van der Waals surface area contributed by atoms with Gasteiger partial charge in [0.05, 0.1) is 0 Å². The van der Waals surface area contributed by atoms with Crippen LogP contribution in [0.15, 0.2) is 48.5 Å². The number of benzene rings is 2. The molecule has 1 heterocycles. The van der Waals surface area contributed by atoms with E-state index in [-0.39, 0.29) is 11.7 Å². The number of halogens is 1. The molecule has 0 radical (unpaired) electrons. The van der Waals surface area contributed by atoms with E-state index in [0.717, 1.165) is 12.1 Å². The Morgan fingerprint density at radius 2 is 1.81 bits per heavy atom. The van der Waals surface area contributed by atoms with Gasteiger partial charge in [-0.2, -0.15) is 0 Å². The Morgan fingerprint density at radius 3 is 2.56 bits per heavy atom. The number of piperidine rings is 1. The molecule has 0 aliphatic carbocycles. The number of carbonyl (C=O) groups is 1. The summed E-state index contributed by atoms with van der Waals surface area (Å²) in [6.45, 7) is 5.44. The van der Waals surface area contributed by atoms with Gasteiger partial charge in [-0.15, -0.1) is 0 Å². The second kappa shape index (κ2) is 9.51. The van der Waals surface area contributed by atoms with Crippen LogP contribution < -0.4 is 10.1 Å². The highest BCUT2D eigenvalue weighted by molar-refractivity contribution is 5.80. The van der Waals surface area contributed by atoms with Gasteiger partial charge < -0.3 is 10.1 Å². The lowest BCUT2D eigenvalue weighted by Gasteiger charge is -2.26. The molecule has 2 aromatic rings. The van der Waals surface area contributed by atoms with Gasteiger partial charge in [0.25, 0.3) is 5.91 Å². The quantitative estimate of drug-likeness (QED) is 0.804. The fraction of sp³-hybridized carbons (Fsp3) is 0.409. The summed E-state index contributed by atoms with van der Waals surface area (Å²) in [6.07, 6.45) is 3.25. The van der Waals surface area contributed by atoms with E-state index in [1.807, 2.05) is 12.1 Å². The van der Waals surface area contributed by atoms with Gasteiger partial charge in [-0.05, 0) is 68.2 Å². The number of likely N-dealkylation sites (tertiary alicyclic amines) is 1. The number of ether oxygens (including phenoxy) is 1. The Hall–Kier alpha value is -2.40. The van der Waals surface area contributed by atoms with Gasteiger partial charge in [0.15, 0.2) is 6.10 Å². The molecule has 0 bridgehead atoms. The second-order valence-corrected chi connectivity index (χ2v) is 7.09. The molecule has 4 nitrogen and oxygen atoms in total. The molecule has 0 unspecified atom stereocenters. The first-order chi connectivity index (χ1) is 13.1. The van der Waals surface area contributed by atoms with Gasteiger partial charge in [-0.25, -0.2) is 4.39 Å². The normalized spacial score (nSPS) is 15.9. The highest BCUT2D eigenvalue weighted by Gasteiger charge is 2.15. The molecule has 3 rings (SSSR count). The molecule has 1 aliphatic heterocycles. The molecule has 2 aromatic carbocycles. The average Bonchev–Trinajstić information content (AvgIpc) is 2.69. The molecule has 1 fully saturated rings. The number of nitrogens with zero attached hydrogens (tertiary/aromatic N) is 1. The van der Waals surface area contributed by atoms with Crippen LogP contribution in [0, 0.1) is 5.82 Å². The van der Waals surface area contributed by atoms with E-state index in [1.165, 1.54) is 62.2 Å². The van der Waals surface area contributed by atoms with Crippen LogP contribution in [0.5, 0.6) is 5.75 Å². The maximum atomic E-state index is 12.9. The van der Waals surface area contributed by atoms with E-state index in [4.69, 9.17) is 4.74 Å². The van der Waals surface area contributed by atoms with Crippen molar-refractivity contribution in [1.82, 2.24) is 10.2 Å². The zero-order chi connectivity index (χ0) is 19.1. The summed E-state index contributed by atoms with van der Waals surface area (Å²) in [6, 6.07) is 14.0. The highest BCUT2D eigenvalue weighted by Crippen LogP contribution is 2.15. The minimum absolute atomic E-state index is 0.194. The first-order valence-corrected chi connectivity index (χ1v) is 9.60. The van der Waals surface area contributed by atoms with Crippen molar-refractivity contribution in [3.05, 3.63) is 65.5 Å². The molecule has 1 amide bonds. The molecule has 0 spiro atoms. The lowest BCUT2D eigenvalue weighted by atomic mass is 10.1. The third kappa shape index (κ3) is 6.07. The van der Waals surface area contributed by atoms with Crippen LogP contribution in [0.1, 0.15) is 37.3 Å². The first-order valence-electron chi connectivity index (χ1n) is 9.60. The van der Waals surface area contributed by atoms with Crippen LogP contribution in [0.25, 0.3) is 0 Å². The van der Waals surface area contributed by atoms with Crippen LogP contribution in [0.2, 0.25) is 0 Å². The number of nitrogens with one attached hydrogen (secondary N) is 1. The SMILES string of the molecule is C[C@H](Oc1ccc(F)cc1)C(=O)NCc1cccc(CN2CCCCC2)c1. The summed E-state index contributed by atoms with van der Waals surface area (Å²) in [5.41, 5.74) is 2.35. The Kier molecular flexibility index (Phi) is 6.82. The van der Waals surface area contributed by atoms with Crippen molar-refractivity contribution in [2.45, 2.75) is 45.4 Å². The highest BCUT2D eigenvalue weighted by atomic mass is 19.1. The smallest absolute Gasteiger partial charge is 0.261 e. The van der Waals surface area contributed by atoms with Gasteiger partial charge in [0.2, 0.25) is 0 Å². The van der Waals surface area contributed by atoms with E-state index in [2.05, 4.69) is 22.3 Å². The molecule has 0 aromatic heterocycles. The largest absolute Gasteiger partial charge is 0.481 e. The van der Waals surface area contributed by atoms with Gasteiger partial charge >= 0.3 is 0 Å². The van der Waals surface area contributed by atoms with Crippen molar-refractivity contribution < 1.29 is 13.9 Å². The summed E-state index contributed by atoms with van der Waals surface area (Å²) in [4.78, 5) is 14.8. The van der Waals surface area contributed by atoms with E-state index < -0.39 is 6.10 Å². The molecule has 1 N–H and O–H groups in total. The van der Waals surface area contributed by atoms with E-state index in [9.17, 15) is 9.18 Å². The minimum atomic E-state index is -0.646. The van der Waals surface area contributed by atoms with Crippen LogP contribution in [0.3, 0.4) is 0 Å². The van der Waals surface area contributed by atoms with Crippen LogP contribution in [0.4, 0.5) is 4.39 Å². The lowest BCUT2D eigenvalue weighted by Crippen LogP contribution is -2.36. The van der Waals surface area contributed by atoms with E-state index >= 15 is 0 Å². The molecule has 1 saturated heterocycles. The average molecular weight is 370 g/mol. The fourth-order valence-electron chi connectivity index (χ4n) is 3.32. The van der Waals surface area contributed by atoms with Crippen molar-refractivity contribution in [3.63, 3.8) is 0 Å². The van der Waals surface area contributed by atoms with Gasteiger partial charge in [0.1, 0.15) is 11.6 Å².